The molecule has 0 bridgehead atoms. The molecule has 98 valence electrons. The van der Waals surface area contributed by atoms with Crippen molar-refractivity contribution < 1.29 is 19.1 Å². The molecule has 0 N–H and O–H groups in total. The molecule has 0 radical (unpaired) electrons. The second kappa shape index (κ2) is 7.16. The maximum absolute atomic E-state index is 11.5. The molecule has 0 aliphatic carbocycles. The van der Waals surface area contributed by atoms with Crippen LogP contribution in [0.15, 0.2) is 22.7 Å². The van der Waals surface area contributed by atoms with E-state index in [1.165, 1.54) is 7.11 Å². The minimum absolute atomic E-state index is 0.121. The highest BCUT2D eigenvalue weighted by atomic mass is 79.9. The lowest BCUT2D eigenvalue weighted by Gasteiger charge is -2.06. The Bertz CT molecular complexity index is 443. The lowest BCUT2D eigenvalue weighted by atomic mass is 10.1. The van der Waals surface area contributed by atoms with Gasteiger partial charge < -0.3 is 9.47 Å². The van der Waals surface area contributed by atoms with Gasteiger partial charge in [-0.25, -0.2) is 0 Å². The van der Waals surface area contributed by atoms with Crippen LogP contribution in [0.2, 0.25) is 0 Å². The van der Waals surface area contributed by atoms with E-state index >= 15 is 0 Å². The Hall–Kier alpha value is -1.36. The van der Waals surface area contributed by atoms with Gasteiger partial charge in [0.15, 0.2) is 0 Å². The molecule has 0 amide bonds. The van der Waals surface area contributed by atoms with Gasteiger partial charge in [-0.2, -0.15) is 0 Å². The van der Waals surface area contributed by atoms with E-state index < -0.39 is 5.97 Å². The van der Waals surface area contributed by atoms with Crippen LogP contribution in [-0.4, -0.2) is 26.0 Å². The van der Waals surface area contributed by atoms with Crippen molar-refractivity contribution in [1.29, 1.82) is 0 Å². The summed E-state index contributed by atoms with van der Waals surface area (Å²) in [6.45, 7) is 0. The van der Waals surface area contributed by atoms with E-state index in [4.69, 9.17) is 4.74 Å². The number of esters is 1. The normalized spacial score (nSPS) is 9.94. The lowest BCUT2D eigenvalue weighted by Crippen LogP contribution is -2.10. The molecule has 0 aliphatic rings. The van der Waals surface area contributed by atoms with Crippen molar-refractivity contribution in [3.63, 3.8) is 0 Å². The van der Waals surface area contributed by atoms with Gasteiger partial charge in [0.25, 0.3) is 0 Å². The van der Waals surface area contributed by atoms with Crippen LogP contribution in [0.1, 0.15) is 18.4 Å². The van der Waals surface area contributed by atoms with E-state index in [-0.39, 0.29) is 12.2 Å². The molecule has 0 saturated carbocycles. The largest absolute Gasteiger partial charge is 0.497 e. The number of Topliss-reactive ketones (excluding diaryl/α,β-unsaturated/α-hetero) is 1. The SMILES string of the molecule is COC(=O)CC(=O)CCc1ccc(OC)cc1Br. The van der Waals surface area contributed by atoms with Gasteiger partial charge in [0.2, 0.25) is 0 Å². The van der Waals surface area contributed by atoms with Gasteiger partial charge in [0.05, 0.1) is 14.2 Å². The average Bonchev–Trinajstić information content (AvgIpc) is 2.36. The fourth-order valence-electron chi connectivity index (χ4n) is 1.45. The third-order valence-electron chi connectivity index (χ3n) is 2.50. The standard InChI is InChI=1S/C13H15BrO4/c1-17-11-6-4-9(12(14)8-11)3-5-10(15)7-13(16)18-2/h4,6,8H,3,5,7H2,1-2H3. The second-order valence-corrected chi connectivity index (χ2v) is 4.60. The predicted molar refractivity (Wildman–Crippen MR) is 70.7 cm³/mol. The molecule has 0 fully saturated rings. The van der Waals surface area contributed by atoms with Crippen LogP contribution in [-0.2, 0) is 20.7 Å². The van der Waals surface area contributed by atoms with Gasteiger partial charge >= 0.3 is 5.97 Å². The Kier molecular flexibility index (Phi) is 5.85. The van der Waals surface area contributed by atoms with Gasteiger partial charge in [0, 0.05) is 10.9 Å². The van der Waals surface area contributed by atoms with Crippen molar-refractivity contribution in [3.05, 3.63) is 28.2 Å². The van der Waals surface area contributed by atoms with Crippen molar-refractivity contribution in [2.75, 3.05) is 14.2 Å². The monoisotopic (exact) mass is 314 g/mol. The average molecular weight is 315 g/mol. The molecule has 0 saturated heterocycles. The first-order valence-electron chi connectivity index (χ1n) is 5.47. The van der Waals surface area contributed by atoms with Crippen LogP contribution < -0.4 is 4.74 Å². The molecule has 1 aromatic rings. The van der Waals surface area contributed by atoms with Gasteiger partial charge in [-0.05, 0) is 24.1 Å². The topological polar surface area (TPSA) is 52.6 Å². The first-order chi connectivity index (χ1) is 8.56. The molecule has 0 aliphatic heterocycles. The molecule has 18 heavy (non-hydrogen) atoms. The molecule has 0 heterocycles. The fraction of sp³-hybridized carbons (Fsp3) is 0.385. The highest BCUT2D eigenvalue weighted by Crippen LogP contribution is 2.24. The molecule has 4 nitrogen and oxygen atoms in total. The second-order valence-electron chi connectivity index (χ2n) is 3.75. The molecule has 1 rings (SSSR count). The van der Waals surface area contributed by atoms with Crippen molar-refractivity contribution in [2.24, 2.45) is 0 Å². The number of carbonyl (C=O) groups is 2. The third-order valence-corrected chi connectivity index (χ3v) is 3.24. The summed E-state index contributed by atoms with van der Waals surface area (Å²) in [5.41, 5.74) is 1.01. The van der Waals surface area contributed by atoms with E-state index in [0.717, 1.165) is 15.8 Å². The van der Waals surface area contributed by atoms with Crippen molar-refractivity contribution in [1.82, 2.24) is 0 Å². The van der Waals surface area contributed by atoms with E-state index in [9.17, 15) is 9.59 Å². The van der Waals surface area contributed by atoms with Gasteiger partial charge in [0.1, 0.15) is 18.0 Å². The number of hydrogen-bond acceptors (Lipinski definition) is 4. The Balaban J connectivity index is 2.53. The summed E-state index contributed by atoms with van der Waals surface area (Å²) >= 11 is 3.42. The summed E-state index contributed by atoms with van der Waals surface area (Å²) < 4.78 is 10.4. The maximum atomic E-state index is 11.5. The third kappa shape index (κ3) is 4.49. The zero-order valence-corrected chi connectivity index (χ0v) is 12.0. The number of ketones is 1. The molecule has 0 spiro atoms. The minimum Gasteiger partial charge on any atom is -0.497 e. The molecular formula is C13H15BrO4. The minimum atomic E-state index is -0.492. The Morgan fingerprint density at radius 3 is 2.56 bits per heavy atom. The van der Waals surface area contributed by atoms with Crippen molar-refractivity contribution in [3.8, 4) is 5.75 Å². The number of benzene rings is 1. The van der Waals surface area contributed by atoms with Gasteiger partial charge in [-0.3, -0.25) is 9.59 Å². The highest BCUT2D eigenvalue weighted by Gasteiger charge is 2.10. The summed E-state index contributed by atoms with van der Waals surface area (Å²) in [6, 6.07) is 5.58. The number of methoxy groups -OCH3 is 2. The van der Waals surface area contributed by atoms with Crippen LogP contribution in [0, 0.1) is 0 Å². The Morgan fingerprint density at radius 2 is 2.00 bits per heavy atom. The predicted octanol–water partition coefficient (Wildman–Crippen LogP) is 2.52. The number of halogens is 1. The van der Waals surface area contributed by atoms with Crippen molar-refractivity contribution in [2.45, 2.75) is 19.3 Å². The van der Waals surface area contributed by atoms with E-state index in [1.54, 1.807) is 7.11 Å². The zero-order chi connectivity index (χ0) is 13.5. The smallest absolute Gasteiger partial charge is 0.313 e. The van der Waals surface area contributed by atoms with Gasteiger partial charge in [-0.15, -0.1) is 0 Å². The number of aryl methyl sites for hydroxylation is 1. The number of ether oxygens (including phenoxy) is 2. The first kappa shape index (κ1) is 14.7. The highest BCUT2D eigenvalue weighted by molar-refractivity contribution is 9.10. The molecule has 0 unspecified atom stereocenters. The molecule has 0 aromatic heterocycles. The zero-order valence-electron chi connectivity index (χ0n) is 10.4. The lowest BCUT2D eigenvalue weighted by molar-refractivity contribution is -0.143. The van der Waals surface area contributed by atoms with Crippen LogP contribution in [0.4, 0.5) is 0 Å². The maximum Gasteiger partial charge on any atom is 0.313 e. The number of rotatable bonds is 6. The number of hydrogen-bond donors (Lipinski definition) is 0. The molecular weight excluding hydrogens is 300 g/mol. The quantitative estimate of drug-likeness (QED) is 0.598. The van der Waals surface area contributed by atoms with Crippen LogP contribution >= 0.6 is 15.9 Å². The van der Waals surface area contributed by atoms with Crippen LogP contribution in [0.5, 0.6) is 5.75 Å². The van der Waals surface area contributed by atoms with Crippen LogP contribution in [0.3, 0.4) is 0 Å². The Labute approximate surface area is 114 Å². The summed E-state index contributed by atoms with van der Waals surface area (Å²) in [4.78, 5) is 22.4. The Morgan fingerprint density at radius 1 is 1.28 bits per heavy atom. The summed E-state index contributed by atoms with van der Waals surface area (Å²) in [6.07, 6.45) is 0.741. The van der Waals surface area contributed by atoms with Crippen molar-refractivity contribution >= 4 is 27.7 Å². The summed E-state index contributed by atoms with van der Waals surface area (Å²) in [5.74, 6) is 0.143. The van der Waals surface area contributed by atoms with E-state index in [1.807, 2.05) is 18.2 Å². The molecule has 1 aromatic carbocycles. The first-order valence-corrected chi connectivity index (χ1v) is 6.27. The van der Waals surface area contributed by atoms with E-state index in [0.29, 0.717) is 12.8 Å². The van der Waals surface area contributed by atoms with Crippen LogP contribution in [0.25, 0.3) is 0 Å². The number of carbonyl (C=O) groups excluding carboxylic acids is 2. The molecule has 0 atom stereocenters. The molecule has 5 heteroatoms. The van der Waals surface area contributed by atoms with Gasteiger partial charge in [-0.1, -0.05) is 22.0 Å². The summed E-state index contributed by atoms with van der Waals surface area (Å²) in [5, 5.41) is 0. The summed E-state index contributed by atoms with van der Waals surface area (Å²) in [7, 11) is 2.87. The van der Waals surface area contributed by atoms with E-state index in [2.05, 4.69) is 20.7 Å². The fourth-order valence-corrected chi connectivity index (χ4v) is 2.01.